The third-order valence-corrected chi connectivity index (χ3v) is 1.65. The first kappa shape index (κ1) is 11.4. The molecule has 0 aromatic rings. The highest BCUT2D eigenvalue weighted by Gasteiger charge is 2.11. The van der Waals surface area contributed by atoms with Crippen molar-refractivity contribution in [3.63, 3.8) is 0 Å². The van der Waals surface area contributed by atoms with Crippen LogP contribution in [0.4, 0.5) is 0 Å². The Kier molecular flexibility index (Phi) is 6.76. The molecule has 0 saturated carbocycles. The third-order valence-electron chi connectivity index (χ3n) is 1.65. The van der Waals surface area contributed by atoms with Crippen molar-refractivity contribution in [3.05, 3.63) is 0 Å². The normalized spacial score (nSPS) is 12.6. The molecule has 0 aromatic heterocycles. The standard InChI is InChI=1S/C9H18O3/c1-4-5-6-7-12-8(2)9(10)11-3/h8H,4-7H2,1-3H3/t8-/m1/s1. The van der Waals surface area contributed by atoms with Crippen LogP contribution >= 0.6 is 0 Å². The van der Waals surface area contributed by atoms with E-state index in [4.69, 9.17) is 4.74 Å². The maximum absolute atomic E-state index is 10.8. The van der Waals surface area contributed by atoms with Crippen LogP contribution in [-0.4, -0.2) is 25.8 Å². The van der Waals surface area contributed by atoms with Crippen molar-refractivity contribution < 1.29 is 14.3 Å². The van der Waals surface area contributed by atoms with Crippen molar-refractivity contribution in [1.82, 2.24) is 0 Å². The average molecular weight is 174 g/mol. The first-order chi connectivity index (χ1) is 5.72. The second-order valence-electron chi connectivity index (χ2n) is 2.74. The van der Waals surface area contributed by atoms with Crippen molar-refractivity contribution in [2.45, 2.75) is 39.2 Å². The van der Waals surface area contributed by atoms with Gasteiger partial charge in [-0.2, -0.15) is 0 Å². The van der Waals surface area contributed by atoms with E-state index < -0.39 is 6.10 Å². The molecule has 1 atom stereocenters. The van der Waals surface area contributed by atoms with E-state index in [9.17, 15) is 4.79 Å². The van der Waals surface area contributed by atoms with Crippen LogP contribution in [0.1, 0.15) is 33.1 Å². The van der Waals surface area contributed by atoms with E-state index in [-0.39, 0.29) is 5.97 Å². The summed E-state index contributed by atoms with van der Waals surface area (Å²) in [6.45, 7) is 4.48. The van der Waals surface area contributed by atoms with E-state index in [1.807, 2.05) is 0 Å². The Balaban J connectivity index is 3.31. The molecule has 0 aliphatic heterocycles. The molecule has 0 aromatic carbocycles. The summed E-state index contributed by atoms with van der Waals surface area (Å²) in [5.74, 6) is -0.300. The van der Waals surface area contributed by atoms with E-state index in [0.29, 0.717) is 6.61 Å². The highest BCUT2D eigenvalue weighted by Crippen LogP contribution is 1.98. The smallest absolute Gasteiger partial charge is 0.334 e. The summed E-state index contributed by atoms with van der Waals surface area (Å²) in [6, 6.07) is 0. The Morgan fingerprint density at radius 3 is 2.58 bits per heavy atom. The summed E-state index contributed by atoms with van der Waals surface area (Å²) in [4.78, 5) is 10.8. The van der Waals surface area contributed by atoms with Gasteiger partial charge in [-0.1, -0.05) is 19.8 Å². The van der Waals surface area contributed by atoms with Gasteiger partial charge in [0, 0.05) is 6.61 Å². The lowest BCUT2D eigenvalue weighted by atomic mass is 10.3. The molecule has 0 unspecified atom stereocenters. The second kappa shape index (κ2) is 7.10. The first-order valence-electron chi connectivity index (χ1n) is 4.41. The average Bonchev–Trinajstić information content (AvgIpc) is 2.10. The molecule has 12 heavy (non-hydrogen) atoms. The van der Waals surface area contributed by atoms with Gasteiger partial charge in [-0.05, 0) is 13.3 Å². The van der Waals surface area contributed by atoms with Gasteiger partial charge in [0.1, 0.15) is 0 Å². The van der Waals surface area contributed by atoms with Crippen molar-refractivity contribution in [2.75, 3.05) is 13.7 Å². The lowest BCUT2D eigenvalue weighted by Crippen LogP contribution is -2.22. The number of esters is 1. The molecule has 0 amide bonds. The molecule has 3 heteroatoms. The molecule has 0 aliphatic carbocycles. The van der Waals surface area contributed by atoms with Gasteiger partial charge in [0.25, 0.3) is 0 Å². The lowest BCUT2D eigenvalue weighted by molar-refractivity contribution is -0.152. The van der Waals surface area contributed by atoms with E-state index >= 15 is 0 Å². The maximum Gasteiger partial charge on any atom is 0.334 e. The molecule has 0 heterocycles. The molecule has 0 rings (SSSR count). The van der Waals surface area contributed by atoms with Crippen LogP contribution in [0.5, 0.6) is 0 Å². The fourth-order valence-corrected chi connectivity index (χ4v) is 0.846. The Labute approximate surface area is 74.0 Å². The molecule has 0 bridgehead atoms. The summed E-state index contributed by atoms with van der Waals surface area (Å²) in [5.41, 5.74) is 0. The Bertz CT molecular complexity index is 123. The minimum absolute atomic E-state index is 0.300. The number of carbonyl (C=O) groups excluding carboxylic acids is 1. The molecule has 3 nitrogen and oxygen atoms in total. The largest absolute Gasteiger partial charge is 0.467 e. The summed E-state index contributed by atoms with van der Waals surface area (Å²) in [6.07, 6.45) is 2.90. The lowest BCUT2D eigenvalue weighted by Gasteiger charge is -2.09. The van der Waals surface area contributed by atoms with Crippen LogP contribution in [0.25, 0.3) is 0 Å². The Morgan fingerprint density at radius 1 is 1.42 bits per heavy atom. The number of carbonyl (C=O) groups is 1. The number of methoxy groups -OCH3 is 1. The van der Waals surface area contributed by atoms with Gasteiger partial charge in [0.15, 0.2) is 6.10 Å². The summed E-state index contributed by atoms with van der Waals surface area (Å²) in [5, 5.41) is 0. The van der Waals surface area contributed by atoms with Crippen LogP contribution < -0.4 is 0 Å². The monoisotopic (exact) mass is 174 g/mol. The van der Waals surface area contributed by atoms with Crippen LogP contribution in [0.15, 0.2) is 0 Å². The van der Waals surface area contributed by atoms with Gasteiger partial charge in [-0.15, -0.1) is 0 Å². The summed E-state index contributed by atoms with van der Waals surface area (Å²) in [7, 11) is 1.37. The van der Waals surface area contributed by atoms with E-state index in [1.165, 1.54) is 7.11 Å². The number of rotatable bonds is 6. The van der Waals surface area contributed by atoms with Crippen LogP contribution in [0, 0.1) is 0 Å². The van der Waals surface area contributed by atoms with Crippen molar-refractivity contribution in [2.24, 2.45) is 0 Å². The Hall–Kier alpha value is -0.570. The van der Waals surface area contributed by atoms with Gasteiger partial charge in [-0.3, -0.25) is 0 Å². The summed E-state index contributed by atoms with van der Waals surface area (Å²) < 4.78 is 9.73. The predicted octanol–water partition coefficient (Wildman–Crippen LogP) is 1.75. The van der Waals surface area contributed by atoms with Gasteiger partial charge in [0.2, 0.25) is 0 Å². The molecule has 72 valence electrons. The van der Waals surface area contributed by atoms with Crippen molar-refractivity contribution >= 4 is 5.97 Å². The zero-order chi connectivity index (χ0) is 9.40. The zero-order valence-electron chi connectivity index (χ0n) is 8.13. The SMILES string of the molecule is CCCCCO[C@H](C)C(=O)OC. The number of unbranched alkanes of at least 4 members (excludes halogenated alkanes) is 2. The second-order valence-corrected chi connectivity index (χ2v) is 2.74. The fraction of sp³-hybridized carbons (Fsp3) is 0.889. The van der Waals surface area contributed by atoms with Crippen molar-refractivity contribution in [1.29, 1.82) is 0 Å². The molecular weight excluding hydrogens is 156 g/mol. The van der Waals surface area contributed by atoms with Crippen LogP contribution in [0.2, 0.25) is 0 Å². The quantitative estimate of drug-likeness (QED) is 0.454. The van der Waals surface area contributed by atoms with E-state index in [0.717, 1.165) is 19.3 Å². The highest BCUT2D eigenvalue weighted by molar-refractivity contribution is 5.73. The number of hydrogen-bond donors (Lipinski definition) is 0. The molecule has 0 fully saturated rings. The topological polar surface area (TPSA) is 35.5 Å². The third kappa shape index (κ3) is 5.13. The zero-order valence-corrected chi connectivity index (χ0v) is 8.13. The first-order valence-corrected chi connectivity index (χ1v) is 4.41. The van der Waals surface area contributed by atoms with Crippen LogP contribution in [-0.2, 0) is 14.3 Å². The fourth-order valence-electron chi connectivity index (χ4n) is 0.846. The van der Waals surface area contributed by atoms with Gasteiger partial charge in [0.05, 0.1) is 7.11 Å². The minimum Gasteiger partial charge on any atom is -0.467 e. The number of hydrogen-bond acceptors (Lipinski definition) is 3. The van der Waals surface area contributed by atoms with E-state index in [1.54, 1.807) is 6.92 Å². The van der Waals surface area contributed by atoms with Gasteiger partial charge in [-0.25, -0.2) is 4.79 Å². The molecule has 0 N–H and O–H groups in total. The number of ether oxygens (including phenoxy) is 2. The molecule has 0 aliphatic rings. The predicted molar refractivity (Wildman–Crippen MR) is 47.0 cm³/mol. The highest BCUT2D eigenvalue weighted by atomic mass is 16.6. The van der Waals surface area contributed by atoms with Crippen LogP contribution in [0.3, 0.4) is 0 Å². The van der Waals surface area contributed by atoms with E-state index in [2.05, 4.69) is 11.7 Å². The Morgan fingerprint density at radius 2 is 2.08 bits per heavy atom. The maximum atomic E-state index is 10.8. The minimum atomic E-state index is -0.424. The van der Waals surface area contributed by atoms with Crippen molar-refractivity contribution in [3.8, 4) is 0 Å². The summed E-state index contributed by atoms with van der Waals surface area (Å²) >= 11 is 0. The van der Waals surface area contributed by atoms with Gasteiger partial charge < -0.3 is 9.47 Å². The molecule has 0 saturated heterocycles. The molecule has 0 radical (unpaired) electrons. The molecular formula is C9H18O3. The molecule has 0 spiro atoms. The van der Waals surface area contributed by atoms with Gasteiger partial charge >= 0.3 is 5.97 Å².